The molecule has 0 atom stereocenters. The van der Waals surface area contributed by atoms with Gasteiger partial charge in [0.05, 0.1) is 10.6 Å². The molecule has 0 spiro atoms. The average molecular weight is 516 g/mol. The molecular formula is C20H11IN3O6-. The fourth-order valence-electron chi connectivity index (χ4n) is 2.87. The summed E-state index contributed by atoms with van der Waals surface area (Å²) < 4.78 is 6.53. The second-order valence-corrected chi connectivity index (χ2v) is 7.50. The molecular weight excluding hydrogens is 505 g/mol. The van der Waals surface area contributed by atoms with Crippen molar-refractivity contribution in [2.75, 3.05) is 5.01 Å². The van der Waals surface area contributed by atoms with Crippen LogP contribution in [0.2, 0.25) is 0 Å². The maximum absolute atomic E-state index is 12.7. The molecule has 0 radical (unpaired) electrons. The molecule has 1 saturated heterocycles. The third-order valence-electron chi connectivity index (χ3n) is 4.33. The number of nitrogens with zero attached hydrogens (tertiary/aromatic N) is 2. The molecule has 10 heteroatoms. The van der Waals surface area contributed by atoms with Crippen molar-refractivity contribution >= 4 is 51.9 Å². The SMILES string of the molecule is O=C1NN(c2ccc(I)cc2)C(=O)/C1=C/c1ccc(-c2cc([N+](=O)[O-])ccc2[O-])o1. The van der Waals surface area contributed by atoms with Crippen molar-refractivity contribution in [3.05, 3.63) is 79.6 Å². The highest BCUT2D eigenvalue weighted by Crippen LogP contribution is 2.33. The van der Waals surface area contributed by atoms with E-state index in [1.54, 1.807) is 24.3 Å². The number of non-ortho nitro benzene ring substituents is 1. The lowest BCUT2D eigenvalue weighted by Gasteiger charge is -2.14. The van der Waals surface area contributed by atoms with Crippen LogP contribution in [0.25, 0.3) is 17.4 Å². The monoisotopic (exact) mass is 516 g/mol. The largest absolute Gasteiger partial charge is 0.872 e. The Morgan fingerprint density at radius 1 is 1.07 bits per heavy atom. The molecule has 150 valence electrons. The number of carbonyl (C=O) groups excluding carboxylic acids is 2. The molecule has 30 heavy (non-hydrogen) atoms. The number of furan rings is 1. The minimum absolute atomic E-state index is 0.0107. The van der Waals surface area contributed by atoms with Gasteiger partial charge < -0.3 is 9.52 Å². The lowest BCUT2D eigenvalue weighted by Crippen LogP contribution is -2.35. The minimum Gasteiger partial charge on any atom is -0.872 e. The van der Waals surface area contributed by atoms with Crippen LogP contribution >= 0.6 is 22.6 Å². The van der Waals surface area contributed by atoms with Crippen molar-refractivity contribution < 1.29 is 24.0 Å². The summed E-state index contributed by atoms with van der Waals surface area (Å²) in [5.74, 6) is -1.36. The van der Waals surface area contributed by atoms with Crippen molar-refractivity contribution in [1.29, 1.82) is 0 Å². The second-order valence-electron chi connectivity index (χ2n) is 6.26. The lowest BCUT2D eigenvalue weighted by atomic mass is 10.1. The molecule has 0 aliphatic carbocycles. The number of nitro benzene ring substituents is 1. The van der Waals surface area contributed by atoms with E-state index in [1.165, 1.54) is 18.2 Å². The number of hydrogen-bond acceptors (Lipinski definition) is 6. The first-order chi connectivity index (χ1) is 14.3. The summed E-state index contributed by atoms with van der Waals surface area (Å²) in [5, 5.41) is 24.1. The first-order valence-electron chi connectivity index (χ1n) is 8.52. The van der Waals surface area contributed by atoms with E-state index in [0.717, 1.165) is 26.8 Å². The lowest BCUT2D eigenvalue weighted by molar-refractivity contribution is -0.385. The smallest absolute Gasteiger partial charge is 0.282 e. The number of hydrogen-bond donors (Lipinski definition) is 1. The van der Waals surface area contributed by atoms with Crippen LogP contribution in [0, 0.1) is 13.7 Å². The van der Waals surface area contributed by atoms with Gasteiger partial charge in [-0.2, -0.15) is 0 Å². The number of anilines is 1. The Hall–Kier alpha value is -3.67. The molecule has 2 heterocycles. The van der Waals surface area contributed by atoms with Crippen molar-refractivity contribution in [2.45, 2.75) is 0 Å². The van der Waals surface area contributed by atoms with Crippen molar-refractivity contribution in [1.82, 2.24) is 5.43 Å². The summed E-state index contributed by atoms with van der Waals surface area (Å²) >= 11 is 2.13. The van der Waals surface area contributed by atoms with Gasteiger partial charge >= 0.3 is 0 Å². The number of halogens is 1. The molecule has 1 fully saturated rings. The molecule has 0 saturated carbocycles. The van der Waals surface area contributed by atoms with E-state index >= 15 is 0 Å². The topological polar surface area (TPSA) is 129 Å². The quantitative estimate of drug-likeness (QED) is 0.187. The molecule has 2 amide bonds. The highest BCUT2D eigenvalue weighted by Gasteiger charge is 2.34. The van der Waals surface area contributed by atoms with Gasteiger partial charge in [0.25, 0.3) is 17.5 Å². The van der Waals surface area contributed by atoms with Crippen LogP contribution in [-0.2, 0) is 9.59 Å². The van der Waals surface area contributed by atoms with Crippen LogP contribution in [0.5, 0.6) is 5.75 Å². The second kappa shape index (κ2) is 7.63. The van der Waals surface area contributed by atoms with Crippen molar-refractivity contribution in [3.63, 3.8) is 0 Å². The van der Waals surface area contributed by atoms with Gasteiger partial charge in [-0.25, -0.2) is 5.01 Å². The van der Waals surface area contributed by atoms with E-state index in [-0.39, 0.29) is 28.3 Å². The van der Waals surface area contributed by atoms with Gasteiger partial charge in [-0.05, 0) is 65.1 Å². The van der Waals surface area contributed by atoms with Crippen LogP contribution in [0.1, 0.15) is 5.76 Å². The molecule has 2 aromatic carbocycles. The maximum atomic E-state index is 12.7. The van der Waals surface area contributed by atoms with Gasteiger partial charge in [0.15, 0.2) is 0 Å². The number of carbonyl (C=O) groups is 2. The standard InChI is InChI=1S/C20H12IN3O6/c21-11-1-3-12(4-2-11)23-20(27)16(19(26)22-23)10-14-6-8-18(30-14)15-9-13(24(28)29)5-7-17(15)25/h1-10,25H,(H,22,26)/p-1/b16-10+. The third kappa shape index (κ3) is 3.64. The summed E-state index contributed by atoms with van der Waals surface area (Å²) in [4.78, 5) is 35.3. The van der Waals surface area contributed by atoms with Crippen LogP contribution in [-0.4, -0.2) is 16.7 Å². The molecule has 0 bridgehead atoms. The van der Waals surface area contributed by atoms with Crippen molar-refractivity contribution in [2.24, 2.45) is 0 Å². The van der Waals surface area contributed by atoms with Gasteiger partial charge in [0.2, 0.25) is 0 Å². The van der Waals surface area contributed by atoms with Crippen LogP contribution in [0.3, 0.4) is 0 Å². The maximum Gasteiger partial charge on any atom is 0.282 e. The van der Waals surface area contributed by atoms with E-state index in [9.17, 15) is 24.8 Å². The van der Waals surface area contributed by atoms with E-state index < -0.39 is 22.5 Å². The van der Waals surface area contributed by atoms with Gasteiger partial charge in [-0.3, -0.25) is 25.1 Å². The fraction of sp³-hybridized carbons (Fsp3) is 0. The number of benzene rings is 2. The first kappa shape index (κ1) is 19.6. The average Bonchev–Trinajstić information content (AvgIpc) is 3.29. The van der Waals surface area contributed by atoms with E-state index in [4.69, 9.17) is 4.42 Å². The summed E-state index contributed by atoms with van der Waals surface area (Å²) in [6, 6.07) is 13.2. The molecule has 9 nitrogen and oxygen atoms in total. The molecule has 3 aromatic rings. The Morgan fingerprint density at radius 3 is 2.50 bits per heavy atom. The van der Waals surface area contributed by atoms with Crippen LogP contribution < -0.4 is 15.5 Å². The number of nitro groups is 1. The highest BCUT2D eigenvalue weighted by molar-refractivity contribution is 14.1. The van der Waals surface area contributed by atoms with Gasteiger partial charge in [-0.15, -0.1) is 0 Å². The van der Waals surface area contributed by atoms with Gasteiger partial charge in [0.1, 0.15) is 17.1 Å². The molecule has 4 rings (SSSR count). The van der Waals surface area contributed by atoms with E-state index in [0.29, 0.717) is 5.69 Å². The van der Waals surface area contributed by atoms with Crippen LogP contribution in [0.4, 0.5) is 11.4 Å². The minimum atomic E-state index is -0.616. The highest BCUT2D eigenvalue weighted by atomic mass is 127. The Labute approximate surface area is 182 Å². The van der Waals surface area contributed by atoms with Crippen LogP contribution in [0.15, 0.2) is 64.6 Å². The predicted molar refractivity (Wildman–Crippen MR) is 113 cm³/mol. The van der Waals surface area contributed by atoms with Gasteiger partial charge in [-0.1, -0.05) is 11.8 Å². The number of nitrogens with one attached hydrogen (secondary N) is 1. The third-order valence-corrected chi connectivity index (χ3v) is 5.05. The summed E-state index contributed by atoms with van der Waals surface area (Å²) in [6.07, 6.45) is 1.26. The van der Waals surface area contributed by atoms with Crippen molar-refractivity contribution in [3.8, 4) is 17.1 Å². The predicted octanol–water partition coefficient (Wildman–Crippen LogP) is 2.99. The van der Waals surface area contributed by atoms with E-state index in [1.807, 2.05) is 0 Å². The molecule has 1 aliphatic heterocycles. The number of hydrazine groups is 1. The Kier molecular flexibility index (Phi) is 4.99. The molecule has 1 aliphatic rings. The molecule has 1 N–H and O–H groups in total. The first-order valence-corrected chi connectivity index (χ1v) is 9.60. The Morgan fingerprint density at radius 2 is 1.80 bits per heavy atom. The summed E-state index contributed by atoms with van der Waals surface area (Å²) in [7, 11) is 0. The number of amides is 2. The zero-order valence-electron chi connectivity index (χ0n) is 15.0. The summed E-state index contributed by atoms with van der Waals surface area (Å²) in [6.45, 7) is 0. The summed E-state index contributed by atoms with van der Waals surface area (Å²) in [5.41, 5.74) is 2.61. The van der Waals surface area contributed by atoms with Gasteiger partial charge in [0, 0.05) is 21.3 Å². The zero-order valence-corrected chi connectivity index (χ0v) is 17.2. The Balaban J connectivity index is 1.64. The zero-order chi connectivity index (χ0) is 21.4. The Bertz CT molecular complexity index is 1220. The molecule has 0 unspecified atom stereocenters. The fourth-order valence-corrected chi connectivity index (χ4v) is 3.23. The number of rotatable bonds is 4. The van der Waals surface area contributed by atoms with E-state index in [2.05, 4.69) is 28.0 Å². The molecule has 1 aromatic heterocycles. The normalized spacial score (nSPS) is 15.0.